The molecule has 2 aromatic rings. The topological polar surface area (TPSA) is 76.0 Å². The van der Waals surface area contributed by atoms with E-state index < -0.39 is 11.7 Å². The first-order chi connectivity index (χ1) is 15.8. The van der Waals surface area contributed by atoms with Gasteiger partial charge in [0.05, 0.1) is 12.2 Å². The zero-order valence-electron chi connectivity index (χ0n) is 18.2. The van der Waals surface area contributed by atoms with Crippen LogP contribution < -0.4 is 9.80 Å². The molecule has 0 atom stereocenters. The number of hydrogen-bond acceptors (Lipinski definition) is 7. The fraction of sp³-hybridized carbons (Fsp3) is 0.500. The molecule has 0 saturated carbocycles. The lowest BCUT2D eigenvalue weighted by atomic mass is 10.1. The number of carbonyl (C=O) groups is 1. The molecule has 0 bridgehead atoms. The number of benzene rings is 1. The number of aromatic nitrogens is 2. The number of halogens is 3. The number of nitrogens with zero attached hydrogens (tertiary/aromatic N) is 6. The van der Waals surface area contributed by atoms with Crippen LogP contribution in [0.5, 0.6) is 0 Å². The maximum absolute atomic E-state index is 12.7. The standard InChI is InChI=1S/C22H27F3N6O2/c23-22(24,25)18-3-1-17(2-4-18)21(33)31-13-11-30(12-14-31)20-6-5-19(26-27-20)29-9-7-28(8-10-29)15-16-32/h1-6,32H,7-16H2. The van der Waals surface area contributed by atoms with E-state index in [4.69, 9.17) is 5.11 Å². The minimum absolute atomic E-state index is 0.164. The molecule has 4 rings (SSSR count). The fourth-order valence-electron chi connectivity index (χ4n) is 4.12. The van der Waals surface area contributed by atoms with Crippen molar-refractivity contribution in [2.45, 2.75) is 6.18 Å². The minimum atomic E-state index is -4.42. The zero-order chi connectivity index (χ0) is 23.4. The summed E-state index contributed by atoms with van der Waals surface area (Å²) >= 11 is 0. The van der Waals surface area contributed by atoms with Gasteiger partial charge in [-0.2, -0.15) is 13.2 Å². The first-order valence-electron chi connectivity index (χ1n) is 11.0. The van der Waals surface area contributed by atoms with Crippen molar-refractivity contribution < 1.29 is 23.1 Å². The molecule has 0 spiro atoms. The third-order valence-electron chi connectivity index (χ3n) is 6.10. The van der Waals surface area contributed by atoms with Crippen LogP contribution in [-0.4, -0.2) is 96.5 Å². The van der Waals surface area contributed by atoms with E-state index in [0.717, 1.165) is 49.9 Å². The molecule has 2 aliphatic heterocycles. The number of amides is 1. The second-order valence-corrected chi connectivity index (χ2v) is 8.16. The predicted octanol–water partition coefficient (Wildman–Crippen LogP) is 1.57. The minimum Gasteiger partial charge on any atom is -0.395 e. The van der Waals surface area contributed by atoms with Crippen LogP contribution in [0.4, 0.5) is 24.8 Å². The second kappa shape index (κ2) is 9.92. The van der Waals surface area contributed by atoms with Gasteiger partial charge in [0.15, 0.2) is 11.6 Å². The zero-order valence-corrected chi connectivity index (χ0v) is 18.2. The molecular formula is C22H27F3N6O2. The van der Waals surface area contributed by atoms with Gasteiger partial charge in [0.2, 0.25) is 0 Å². The smallest absolute Gasteiger partial charge is 0.395 e. The molecule has 178 valence electrons. The van der Waals surface area contributed by atoms with E-state index in [1.807, 2.05) is 17.0 Å². The summed E-state index contributed by atoms with van der Waals surface area (Å²) in [5.74, 6) is 1.28. The number of alkyl halides is 3. The van der Waals surface area contributed by atoms with E-state index in [9.17, 15) is 18.0 Å². The Kier molecular flexibility index (Phi) is 6.99. The lowest BCUT2D eigenvalue weighted by molar-refractivity contribution is -0.137. The van der Waals surface area contributed by atoms with Gasteiger partial charge in [-0.05, 0) is 36.4 Å². The molecule has 11 heteroatoms. The van der Waals surface area contributed by atoms with E-state index in [-0.39, 0.29) is 18.1 Å². The molecule has 2 fully saturated rings. The van der Waals surface area contributed by atoms with Crippen molar-refractivity contribution in [2.75, 3.05) is 75.3 Å². The largest absolute Gasteiger partial charge is 0.416 e. The highest BCUT2D eigenvalue weighted by molar-refractivity contribution is 5.94. The quantitative estimate of drug-likeness (QED) is 0.720. The number of carbonyl (C=O) groups excluding carboxylic acids is 1. The third-order valence-corrected chi connectivity index (χ3v) is 6.10. The first-order valence-corrected chi connectivity index (χ1v) is 11.0. The van der Waals surface area contributed by atoms with E-state index in [1.165, 1.54) is 12.1 Å². The Morgan fingerprint density at radius 2 is 1.33 bits per heavy atom. The first kappa shape index (κ1) is 23.2. The van der Waals surface area contributed by atoms with Crippen molar-refractivity contribution in [3.63, 3.8) is 0 Å². The number of piperazine rings is 2. The van der Waals surface area contributed by atoms with E-state index in [0.29, 0.717) is 32.7 Å². The number of anilines is 2. The molecular weight excluding hydrogens is 437 g/mol. The van der Waals surface area contributed by atoms with Crippen molar-refractivity contribution in [1.82, 2.24) is 20.0 Å². The number of β-amino-alcohol motifs (C(OH)–C–C–N with tert-alkyl or cyclic N) is 1. The van der Waals surface area contributed by atoms with Crippen molar-refractivity contribution in [2.24, 2.45) is 0 Å². The van der Waals surface area contributed by atoms with Crippen molar-refractivity contribution in [3.05, 3.63) is 47.5 Å². The van der Waals surface area contributed by atoms with Gasteiger partial charge in [-0.25, -0.2) is 0 Å². The van der Waals surface area contributed by atoms with Gasteiger partial charge in [0, 0.05) is 64.5 Å². The number of rotatable bonds is 5. The van der Waals surface area contributed by atoms with Crippen LogP contribution in [0.1, 0.15) is 15.9 Å². The third kappa shape index (κ3) is 5.53. The Morgan fingerprint density at radius 1 is 0.818 bits per heavy atom. The number of aliphatic hydroxyl groups excluding tert-OH is 1. The molecule has 2 saturated heterocycles. The summed E-state index contributed by atoms with van der Waals surface area (Å²) in [4.78, 5) is 20.7. The molecule has 1 amide bonds. The second-order valence-electron chi connectivity index (χ2n) is 8.16. The van der Waals surface area contributed by atoms with Gasteiger partial charge in [-0.1, -0.05) is 0 Å². The molecule has 1 aromatic carbocycles. The van der Waals surface area contributed by atoms with Gasteiger partial charge >= 0.3 is 6.18 Å². The molecule has 0 radical (unpaired) electrons. The van der Waals surface area contributed by atoms with Gasteiger partial charge in [0.25, 0.3) is 5.91 Å². The number of aliphatic hydroxyl groups is 1. The molecule has 0 unspecified atom stereocenters. The highest BCUT2D eigenvalue weighted by atomic mass is 19.4. The normalized spacial score (nSPS) is 18.0. The average Bonchev–Trinajstić information content (AvgIpc) is 2.84. The summed E-state index contributed by atoms with van der Waals surface area (Å²) in [7, 11) is 0. The lowest BCUT2D eigenvalue weighted by Crippen LogP contribution is -2.49. The maximum atomic E-state index is 12.7. The van der Waals surface area contributed by atoms with Crippen LogP contribution in [0.2, 0.25) is 0 Å². The highest BCUT2D eigenvalue weighted by Crippen LogP contribution is 2.29. The van der Waals surface area contributed by atoms with Crippen LogP contribution in [0.15, 0.2) is 36.4 Å². The molecule has 2 aliphatic rings. The Morgan fingerprint density at radius 3 is 1.79 bits per heavy atom. The van der Waals surface area contributed by atoms with Gasteiger partial charge < -0.3 is 19.8 Å². The summed E-state index contributed by atoms with van der Waals surface area (Å²) in [6, 6.07) is 8.20. The van der Waals surface area contributed by atoms with E-state index >= 15 is 0 Å². The number of hydrogen-bond donors (Lipinski definition) is 1. The average molecular weight is 464 g/mol. The highest BCUT2D eigenvalue weighted by Gasteiger charge is 2.31. The van der Waals surface area contributed by atoms with E-state index in [1.54, 1.807) is 4.90 Å². The lowest BCUT2D eigenvalue weighted by Gasteiger charge is -2.36. The van der Waals surface area contributed by atoms with Gasteiger partial charge in [-0.15, -0.1) is 10.2 Å². The van der Waals surface area contributed by atoms with Gasteiger partial charge in [-0.3, -0.25) is 9.69 Å². The SMILES string of the molecule is O=C(c1ccc(C(F)(F)F)cc1)N1CCN(c2ccc(N3CCN(CCO)CC3)nn2)CC1. The summed E-state index contributed by atoms with van der Waals surface area (Å²) in [6.07, 6.45) is -4.42. The Bertz CT molecular complexity index is 923. The summed E-state index contributed by atoms with van der Waals surface area (Å²) in [6.45, 7) is 6.31. The summed E-state index contributed by atoms with van der Waals surface area (Å²) in [5.41, 5.74) is -0.516. The fourth-order valence-corrected chi connectivity index (χ4v) is 4.12. The van der Waals surface area contributed by atoms with Crippen molar-refractivity contribution >= 4 is 17.5 Å². The molecule has 1 aromatic heterocycles. The van der Waals surface area contributed by atoms with Gasteiger partial charge in [0.1, 0.15) is 0 Å². The van der Waals surface area contributed by atoms with Crippen LogP contribution >= 0.6 is 0 Å². The molecule has 3 heterocycles. The van der Waals surface area contributed by atoms with Crippen LogP contribution in [0, 0.1) is 0 Å². The Balaban J connectivity index is 1.29. The van der Waals surface area contributed by atoms with Crippen molar-refractivity contribution in [3.8, 4) is 0 Å². The predicted molar refractivity (Wildman–Crippen MR) is 117 cm³/mol. The Labute approximate surface area is 190 Å². The van der Waals surface area contributed by atoms with Crippen LogP contribution in [-0.2, 0) is 6.18 Å². The van der Waals surface area contributed by atoms with Crippen LogP contribution in [0.25, 0.3) is 0 Å². The van der Waals surface area contributed by atoms with Crippen LogP contribution in [0.3, 0.4) is 0 Å². The molecule has 1 N–H and O–H groups in total. The molecule has 33 heavy (non-hydrogen) atoms. The summed E-state index contributed by atoms with van der Waals surface area (Å²) < 4.78 is 38.2. The molecule has 8 nitrogen and oxygen atoms in total. The summed E-state index contributed by atoms with van der Waals surface area (Å²) in [5, 5.41) is 17.8. The monoisotopic (exact) mass is 464 g/mol. The van der Waals surface area contributed by atoms with Crippen molar-refractivity contribution in [1.29, 1.82) is 0 Å². The molecule has 0 aliphatic carbocycles. The van der Waals surface area contributed by atoms with E-state index in [2.05, 4.69) is 20.0 Å². The maximum Gasteiger partial charge on any atom is 0.416 e. The Hall–Kier alpha value is -2.92.